The maximum absolute atomic E-state index is 5.44. The summed E-state index contributed by atoms with van der Waals surface area (Å²) >= 11 is 5.44. The Kier molecular flexibility index (Phi) is 2.63. The summed E-state index contributed by atoms with van der Waals surface area (Å²) in [7, 11) is 0. The second-order valence-corrected chi connectivity index (χ2v) is 5.12. The van der Waals surface area contributed by atoms with E-state index in [1.807, 2.05) is 0 Å². The summed E-state index contributed by atoms with van der Waals surface area (Å²) in [5.41, 5.74) is 5.18. The van der Waals surface area contributed by atoms with Crippen LogP contribution < -0.4 is 0 Å². The minimum atomic E-state index is 0.834. The molecule has 0 saturated carbocycles. The summed E-state index contributed by atoms with van der Waals surface area (Å²) in [6.45, 7) is 2.11. The van der Waals surface area contributed by atoms with E-state index in [2.05, 4.69) is 40.7 Å². The zero-order valence-corrected chi connectivity index (χ0v) is 10.8. The molecule has 1 aromatic carbocycles. The number of hydrogen-bond donors (Lipinski definition) is 1. The molecule has 3 heteroatoms. The highest BCUT2D eigenvalue weighted by molar-refractivity contribution is 7.71. The normalized spacial score (nSPS) is 14.6. The van der Waals surface area contributed by atoms with Crippen molar-refractivity contribution >= 4 is 12.2 Å². The molecule has 0 radical (unpaired) electrons. The van der Waals surface area contributed by atoms with Gasteiger partial charge >= 0.3 is 0 Å². The van der Waals surface area contributed by atoms with Crippen molar-refractivity contribution in [3.8, 4) is 5.69 Å². The van der Waals surface area contributed by atoms with Crippen molar-refractivity contribution in [2.75, 3.05) is 0 Å². The lowest BCUT2D eigenvalue weighted by atomic mass is 10.0. The van der Waals surface area contributed by atoms with Gasteiger partial charge in [0.2, 0.25) is 0 Å². The van der Waals surface area contributed by atoms with Crippen LogP contribution in [0, 0.1) is 11.7 Å². The first kappa shape index (κ1) is 10.8. The Hall–Kier alpha value is -1.35. The number of hydrogen-bond acceptors (Lipinski definition) is 1. The number of fused-ring (bicyclic) bond motifs is 1. The van der Waals surface area contributed by atoms with E-state index >= 15 is 0 Å². The van der Waals surface area contributed by atoms with Gasteiger partial charge in [-0.1, -0.05) is 17.7 Å². The van der Waals surface area contributed by atoms with Gasteiger partial charge in [-0.3, -0.25) is 4.57 Å². The number of nitrogens with one attached hydrogen (secondary N) is 1. The predicted molar refractivity (Wildman–Crippen MR) is 72.3 cm³/mol. The second kappa shape index (κ2) is 4.15. The standard InChI is InChI=1S/C14H16N2S/c1-10-6-8-11(9-7-10)16-13-5-3-2-4-12(13)15-14(16)17/h6-9H,2-5H2,1H3,(H,15,17). The van der Waals surface area contributed by atoms with E-state index in [4.69, 9.17) is 12.2 Å². The summed E-state index contributed by atoms with van der Waals surface area (Å²) in [6, 6.07) is 8.57. The maximum atomic E-state index is 5.44. The topological polar surface area (TPSA) is 20.7 Å². The van der Waals surface area contributed by atoms with Crippen molar-refractivity contribution < 1.29 is 0 Å². The van der Waals surface area contributed by atoms with Gasteiger partial charge in [-0.25, -0.2) is 0 Å². The third-order valence-electron chi connectivity index (χ3n) is 3.46. The fraction of sp³-hybridized carbons (Fsp3) is 0.357. The lowest BCUT2D eigenvalue weighted by molar-refractivity contribution is 0.656. The number of imidazole rings is 1. The Labute approximate surface area is 106 Å². The molecule has 2 nitrogen and oxygen atoms in total. The van der Waals surface area contributed by atoms with E-state index < -0.39 is 0 Å². The third-order valence-corrected chi connectivity index (χ3v) is 3.75. The molecule has 0 spiro atoms. The first-order chi connectivity index (χ1) is 8.25. The van der Waals surface area contributed by atoms with E-state index in [1.54, 1.807) is 0 Å². The van der Waals surface area contributed by atoms with E-state index in [0.717, 1.165) is 17.6 Å². The molecule has 88 valence electrons. The summed E-state index contributed by atoms with van der Waals surface area (Å²) in [6.07, 6.45) is 4.82. The van der Waals surface area contributed by atoms with Crippen LogP contribution in [0.15, 0.2) is 24.3 Å². The van der Waals surface area contributed by atoms with Gasteiger partial charge < -0.3 is 4.98 Å². The average molecular weight is 244 g/mol. The smallest absolute Gasteiger partial charge is 0.182 e. The van der Waals surface area contributed by atoms with Crippen LogP contribution in [0.1, 0.15) is 29.8 Å². The van der Waals surface area contributed by atoms with Crippen molar-refractivity contribution in [2.45, 2.75) is 32.6 Å². The van der Waals surface area contributed by atoms with Crippen molar-refractivity contribution in [1.82, 2.24) is 9.55 Å². The molecule has 2 aromatic rings. The number of benzene rings is 1. The molecule has 3 rings (SSSR count). The number of aromatic amines is 1. The van der Waals surface area contributed by atoms with E-state index in [0.29, 0.717) is 0 Å². The second-order valence-electron chi connectivity index (χ2n) is 4.73. The highest BCUT2D eigenvalue weighted by Crippen LogP contribution is 2.24. The van der Waals surface area contributed by atoms with Crippen LogP contribution in [0.2, 0.25) is 0 Å². The number of aromatic nitrogens is 2. The molecule has 1 N–H and O–H groups in total. The zero-order valence-electron chi connectivity index (χ0n) is 9.99. The molecule has 0 fully saturated rings. The van der Waals surface area contributed by atoms with Gasteiger partial charge in [0.05, 0.1) is 0 Å². The molecular formula is C14H16N2S. The minimum Gasteiger partial charge on any atom is -0.334 e. The van der Waals surface area contributed by atoms with Crippen LogP contribution in [0.5, 0.6) is 0 Å². The Morgan fingerprint density at radius 2 is 1.82 bits per heavy atom. The van der Waals surface area contributed by atoms with Crippen LogP contribution in [0.3, 0.4) is 0 Å². The highest BCUT2D eigenvalue weighted by atomic mass is 32.1. The Balaban J connectivity index is 2.17. The predicted octanol–water partition coefficient (Wildman–Crippen LogP) is 3.72. The molecule has 0 unspecified atom stereocenters. The molecule has 0 amide bonds. The molecule has 1 aliphatic carbocycles. The summed E-state index contributed by atoms with van der Waals surface area (Å²) in [5, 5.41) is 0. The van der Waals surface area contributed by atoms with Crippen LogP contribution in [-0.2, 0) is 12.8 Å². The average Bonchev–Trinajstić information content (AvgIpc) is 2.66. The summed E-state index contributed by atoms with van der Waals surface area (Å²) < 4.78 is 3.03. The largest absolute Gasteiger partial charge is 0.334 e. The van der Waals surface area contributed by atoms with Gasteiger partial charge in [-0.15, -0.1) is 0 Å². The molecule has 1 heterocycles. The minimum absolute atomic E-state index is 0.834. The molecular weight excluding hydrogens is 228 g/mol. The van der Waals surface area contributed by atoms with Crippen molar-refractivity contribution in [1.29, 1.82) is 0 Å². The Morgan fingerprint density at radius 1 is 1.12 bits per heavy atom. The first-order valence-corrected chi connectivity index (χ1v) is 6.56. The molecule has 17 heavy (non-hydrogen) atoms. The number of H-pyrrole nitrogens is 1. The molecule has 0 saturated heterocycles. The fourth-order valence-corrected chi connectivity index (χ4v) is 2.88. The van der Waals surface area contributed by atoms with Crippen molar-refractivity contribution in [3.05, 3.63) is 46.0 Å². The molecule has 0 atom stereocenters. The van der Waals surface area contributed by atoms with E-state index in [1.165, 1.54) is 35.5 Å². The Morgan fingerprint density at radius 3 is 2.59 bits per heavy atom. The first-order valence-electron chi connectivity index (χ1n) is 6.15. The van der Waals surface area contributed by atoms with Crippen LogP contribution in [0.25, 0.3) is 5.69 Å². The lowest BCUT2D eigenvalue weighted by Crippen LogP contribution is -2.07. The fourth-order valence-electron chi connectivity index (χ4n) is 2.55. The molecule has 1 aromatic heterocycles. The number of aryl methyl sites for hydroxylation is 2. The van der Waals surface area contributed by atoms with Gasteiger partial charge in [-0.05, 0) is 57.0 Å². The van der Waals surface area contributed by atoms with Crippen LogP contribution in [0.4, 0.5) is 0 Å². The van der Waals surface area contributed by atoms with E-state index in [-0.39, 0.29) is 0 Å². The van der Waals surface area contributed by atoms with Crippen LogP contribution in [-0.4, -0.2) is 9.55 Å². The van der Waals surface area contributed by atoms with Gasteiger partial charge in [0.15, 0.2) is 4.77 Å². The monoisotopic (exact) mass is 244 g/mol. The van der Waals surface area contributed by atoms with Crippen LogP contribution >= 0.6 is 12.2 Å². The summed E-state index contributed by atoms with van der Waals surface area (Å²) in [4.78, 5) is 3.36. The zero-order chi connectivity index (χ0) is 11.8. The molecule has 0 bridgehead atoms. The SMILES string of the molecule is Cc1ccc(-n2c3c([nH]c2=S)CCCC3)cc1. The van der Waals surface area contributed by atoms with E-state index in [9.17, 15) is 0 Å². The van der Waals surface area contributed by atoms with Crippen molar-refractivity contribution in [2.24, 2.45) is 0 Å². The third kappa shape index (κ3) is 1.84. The van der Waals surface area contributed by atoms with Gasteiger partial charge in [0.25, 0.3) is 0 Å². The van der Waals surface area contributed by atoms with Gasteiger partial charge in [-0.2, -0.15) is 0 Å². The quantitative estimate of drug-likeness (QED) is 0.758. The lowest BCUT2D eigenvalue weighted by Gasteiger charge is -2.14. The molecule has 1 aliphatic rings. The number of nitrogens with zero attached hydrogens (tertiary/aromatic N) is 1. The summed E-state index contributed by atoms with van der Waals surface area (Å²) in [5.74, 6) is 0. The van der Waals surface area contributed by atoms with Gasteiger partial charge in [0.1, 0.15) is 0 Å². The highest BCUT2D eigenvalue weighted by Gasteiger charge is 2.16. The van der Waals surface area contributed by atoms with Gasteiger partial charge in [0, 0.05) is 17.1 Å². The maximum Gasteiger partial charge on any atom is 0.182 e. The molecule has 0 aliphatic heterocycles. The number of rotatable bonds is 1. The van der Waals surface area contributed by atoms with Crippen molar-refractivity contribution in [3.63, 3.8) is 0 Å². The Bertz CT molecular complexity index is 590.